The Labute approximate surface area is 188 Å². The van der Waals surface area contributed by atoms with Crippen molar-refractivity contribution in [2.45, 2.75) is 25.3 Å². The van der Waals surface area contributed by atoms with Crippen molar-refractivity contribution in [2.24, 2.45) is 4.99 Å². The summed E-state index contributed by atoms with van der Waals surface area (Å²) in [6, 6.07) is 17.1. The van der Waals surface area contributed by atoms with Crippen LogP contribution in [0.4, 0.5) is 10.1 Å². The summed E-state index contributed by atoms with van der Waals surface area (Å²) in [5.74, 6) is -0.961. The first-order chi connectivity index (χ1) is 15.3. The van der Waals surface area contributed by atoms with Gasteiger partial charge in [0.25, 0.3) is 15.9 Å². The second-order valence-corrected chi connectivity index (χ2v) is 9.81. The maximum absolute atomic E-state index is 13.6. The van der Waals surface area contributed by atoms with Gasteiger partial charge in [-0.1, -0.05) is 41.2 Å². The van der Waals surface area contributed by atoms with E-state index in [4.69, 9.17) is 0 Å². The van der Waals surface area contributed by atoms with Crippen LogP contribution in [0.2, 0.25) is 0 Å². The number of nitrogens with zero attached hydrogens (tertiary/aromatic N) is 2. The van der Waals surface area contributed by atoms with Crippen LogP contribution < -0.4 is 9.52 Å². The third kappa shape index (κ3) is 4.35. The van der Waals surface area contributed by atoms with E-state index >= 15 is 0 Å². The number of rotatable bonds is 5. The first-order valence-electron chi connectivity index (χ1n) is 9.85. The summed E-state index contributed by atoms with van der Waals surface area (Å²) in [5.41, 5.74) is 1.97. The van der Waals surface area contributed by atoms with E-state index in [1.165, 1.54) is 47.7 Å². The van der Waals surface area contributed by atoms with Crippen LogP contribution in [0.1, 0.15) is 22.8 Å². The number of para-hydroxylation sites is 1. The first-order valence-corrected chi connectivity index (χ1v) is 12.1. The minimum atomic E-state index is -3.89. The minimum Gasteiger partial charge on any atom is -0.317 e. The van der Waals surface area contributed by atoms with Crippen molar-refractivity contribution in [2.75, 3.05) is 4.72 Å². The Morgan fingerprint density at radius 3 is 2.53 bits per heavy atom. The van der Waals surface area contributed by atoms with E-state index in [-0.39, 0.29) is 22.0 Å². The molecule has 0 unspecified atom stereocenters. The molecular weight excluding hydrogens is 449 g/mol. The van der Waals surface area contributed by atoms with Gasteiger partial charge in [-0.2, -0.15) is 4.99 Å². The predicted molar refractivity (Wildman–Crippen MR) is 124 cm³/mol. The van der Waals surface area contributed by atoms with Crippen LogP contribution in [-0.4, -0.2) is 18.9 Å². The molecule has 0 radical (unpaired) electrons. The summed E-state index contributed by atoms with van der Waals surface area (Å²) in [7, 11) is -3.89. The summed E-state index contributed by atoms with van der Waals surface area (Å²) in [6.07, 6.45) is 0. The highest BCUT2D eigenvalue weighted by Gasteiger charge is 2.19. The summed E-state index contributed by atoms with van der Waals surface area (Å²) >= 11 is 1.20. The number of amides is 1. The number of aryl methyl sites for hydroxylation is 2. The van der Waals surface area contributed by atoms with E-state index in [1.807, 2.05) is 18.4 Å². The van der Waals surface area contributed by atoms with Crippen LogP contribution in [0.25, 0.3) is 10.2 Å². The van der Waals surface area contributed by atoms with E-state index in [0.29, 0.717) is 16.0 Å². The fourth-order valence-corrected chi connectivity index (χ4v) is 5.46. The Hall–Kier alpha value is -3.30. The topological polar surface area (TPSA) is 80.5 Å². The number of aromatic nitrogens is 1. The molecule has 3 aromatic carbocycles. The molecule has 0 spiro atoms. The van der Waals surface area contributed by atoms with E-state index < -0.39 is 15.9 Å². The third-order valence-corrected chi connectivity index (χ3v) is 7.31. The van der Waals surface area contributed by atoms with Crippen molar-refractivity contribution in [1.29, 1.82) is 0 Å². The molecule has 9 heteroatoms. The fraction of sp³-hybridized carbons (Fsp3) is 0.130. The molecule has 164 valence electrons. The number of benzene rings is 3. The lowest BCUT2D eigenvalue weighted by Crippen LogP contribution is -2.18. The van der Waals surface area contributed by atoms with Crippen molar-refractivity contribution in [3.63, 3.8) is 0 Å². The highest BCUT2D eigenvalue weighted by atomic mass is 32.2. The molecule has 1 heterocycles. The van der Waals surface area contributed by atoms with Gasteiger partial charge in [-0.3, -0.25) is 9.52 Å². The van der Waals surface area contributed by atoms with Crippen LogP contribution >= 0.6 is 11.3 Å². The van der Waals surface area contributed by atoms with Gasteiger partial charge in [-0.25, -0.2) is 12.8 Å². The lowest BCUT2D eigenvalue weighted by molar-refractivity contribution is 0.0998. The second kappa shape index (κ2) is 8.68. The lowest BCUT2D eigenvalue weighted by atomic mass is 10.2. The van der Waals surface area contributed by atoms with Crippen LogP contribution in [0.5, 0.6) is 0 Å². The maximum atomic E-state index is 13.6. The number of anilines is 1. The molecule has 4 rings (SSSR count). The molecule has 0 aliphatic heterocycles. The molecule has 1 amide bonds. The number of hydrogen-bond donors (Lipinski definition) is 1. The second-order valence-electron chi connectivity index (χ2n) is 7.12. The zero-order chi connectivity index (χ0) is 22.9. The molecule has 1 aromatic heterocycles. The van der Waals surface area contributed by atoms with E-state index in [9.17, 15) is 17.6 Å². The van der Waals surface area contributed by atoms with Crippen LogP contribution in [0.15, 0.2) is 76.6 Å². The van der Waals surface area contributed by atoms with E-state index in [0.717, 1.165) is 11.1 Å². The molecule has 0 saturated heterocycles. The van der Waals surface area contributed by atoms with Gasteiger partial charge in [-0.15, -0.1) is 0 Å². The Morgan fingerprint density at radius 1 is 1.09 bits per heavy atom. The van der Waals surface area contributed by atoms with Gasteiger partial charge in [0.1, 0.15) is 5.82 Å². The lowest BCUT2D eigenvalue weighted by Gasteiger charge is -2.11. The normalized spacial score (nSPS) is 12.3. The molecule has 0 aliphatic rings. The number of fused-ring (bicyclic) bond motifs is 1. The van der Waals surface area contributed by atoms with E-state index in [1.54, 1.807) is 30.3 Å². The summed E-state index contributed by atoms with van der Waals surface area (Å²) < 4.78 is 44.2. The number of hydrogen-bond acceptors (Lipinski definition) is 4. The van der Waals surface area contributed by atoms with Crippen LogP contribution in [-0.2, 0) is 16.6 Å². The van der Waals surface area contributed by atoms with Crippen molar-refractivity contribution in [1.82, 2.24) is 4.57 Å². The zero-order valence-corrected chi connectivity index (χ0v) is 19.0. The predicted octanol–water partition coefficient (Wildman–Crippen LogP) is 4.71. The molecule has 1 N–H and O–H groups in total. The highest BCUT2D eigenvalue weighted by Crippen LogP contribution is 2.22. The molecule has 0 saturated carbocycles. The quantitative estimate of drug-likeness (QED) is 0.460. The van der Waals surface area contributed by atoms with Gasteiger partial charge in [0.05, 0.1) is 26.4 Å². The van der Waals surface area contributed by atoms with Gasteiger partial charge in [0.15, 0.2) is 4.80 Å². The SMILES string of the molecule is CCn1c(=NC(=O)c2ccccc2NS(=O)(=O)c2ccc(C)cc2)sc2cc(F)ccc21. The Balaban J connectivity index is 1.74. The van der Waals surface area contributed by atoms with Crippen molar-refractivity contribution in [3.05, 3.63) is 88.5 Å². The molecule has 4 aromatic rings. The average molecular weight is 470 g/mol. The van der Waals surface area contributed by atoms with E-state index in [2.05, 4.69) is 9.71 Å². The van der Waals surface area contributed by atoms with Crippen LogP contribution in [0, 0.1) is 12.7 Å². The number of nitrogens with one attached hydrogen (secondary N) is 1. The third-order valence-electron chi connectivity index (χ3n) is 4.89. The van der Waals surface area contributed by atoms with Gasteiger partial charge in [0.2, 0.25) is 0 Å². The Morgan fingerprint density at radius 2 is 1.81 bits per heavy atom. The van der Waals surface area contributed by atoms with Gasteiger partial charge in [0, 0.05) is 6.54 Å². The number of carbonyl (C=O) groups is 1. The Bertz CT molecular complexity index is 1490. The summed E-state index contributed by atoms with van der Waals surface area (Å²) in [5, 5.41) is 0. The van der Waals surface area contributed by atoms with Crippen molar-refractivity contribution < 1.29 is 17.6 Å². The van der Waals surface area contributed by atoms with Gasteiger partial charge in [-0.05, 0) is 56.3 Å². The molecule has 0 fully saturated rings. The van der Waals surface area contributed by atoms with Crippen LogP contribution in [0.3, 0.4) is 0 Å². The Kier molecular flexibility index (Phi) is 5.94. The molecule has 0 aliphatic carbocycles. The monoisotopic (exact) mass is 469 g/mol. The molecule has 32 heavy (non-hydrogen) atoms. The minimum absolute atomic E-state index is 0.0950. The number of halogens is 1. The largest absolute Gasteiger partial charge is 0.317 e. The van der Waals surface area contributed by atoms with Crippen molar-refractivity contribution >= 4 is 43.2 Å². The molecule has 0 atom stereocenters. The molecular formula is C23H20FN3O3S2. The fourth-order valence-electron chi connectivity index (χ4n) is 3.26. The smallest absolute Gasteiger partial charge is 0.281 e. The summed E-state index contributed by atoms with van der Waals surface area (Å²) in [4.78, 5) is 17.8. The van der Waals surface area contributed by atoms with Gasteiger partial charge >= 0.3 is 0 Å². The first kappa shape index (κ1) is 21.9. The van der Waals surface area contributed by atoms with Gasteiger partial charge < -0.3 is 4.57 Å². The highest BCUT2D eigenvalue weighted by molar-refractivity contribution is 7.92. The average Bonchev–Trinajstić information content (AvgIpc) is 3.09. The summed E-state index contributed by atoms with van der Waals surface area (Å²) in [6.45, 7) is 4.31. The number of carbonyl (C=O) groups excluding carboxylic acids is 1. The molecule has 0 bridgehead atoms. The standard InChI is InChI=1S/C23H20FN3O3S2/c1-3-27-20-13-10-16(24)14-21(20)31-23(27)25-22(28)18-6-4-5-7-19(18)26-32(29,30)17-11-8-15(2)9-12-17/h4-14,26H,3H2,1-2H3. The maximum Gasteiger partial charge on any atom is 0.281 e. The van der Waals surface area contributed by atoms with Crippen molar-refractivity contribution in [3.8, 4) is 0 Å². The molecule has 6 nitrogen and oxygen atoms in total. The number of sulfonamides is 1. The zero-order valence-electron chi connectivity index (χ0n) is 17.4. The number of thiazole rings is 1.